The summed E-state index contributed by atoms with van der Waals surface area (Å²) in [6.07, 6.45) is 2.81. The topological polar surface area (TPSA) is 135 Å². The number of phenolic OH excluding ortho intramolecular Hbond substituents is 1. The van der Waals surface area contributed by atoms with Gasteiger partial charge in [0.2, 0.25) is 0 Å². The number of likely N-dealkylation sites (tertiary alicyclic amines) is 2. The van der Waals surface area contributed by atoms with Crippen LogP contribution >= 0.6 is 0 Å². The van der Waals surface area contributed by atoms with Gasteiger partial charge in [0.15, 0.2) is 6.10 Å². The largest absolute Gasteiger partial charge is 0.507 e. The summed E-state index contributed by atoms with van der Waals surface area (Å²) in [5.74, 6) is -0.123. The average molecular weight is 733 g/mol. The lowest BCUT2D eigenvalue weighted by atomic mass is 9.98. The zero-order valence-electron chi connectivity index (χ0n) is 31.6. The molecule has 1 atom stereocenters. The van der Waals surface area contributed by atoms with E-state index in [-0.39, 0.29) is 36.1 Å². The first-order valence-electron chi connectivity index (χ1n) is 19.4. The minimum absolute atomic E-state index is 0.00241. The summed E-state index contributed by atoms with van der Waals surface area (Å²) in [6, 6.07) is 11.8. The summed E-state index contributed by atoms with van der Waals surface area (Å²) < 4.78 is 11.2. The molecular formula is C40H56N6O7. The van der Waals surface area contributed by atoms with Crippen LogP contribution in [0.15, 0.2) is 36.4 Å². The smallest absolute Gasteiger partial charge is 0.410 e. The predicted octanol–water partition coefficient (Wildman–Crippen LogP) is 4.17. The molecule has 53 heavy (non-hydrogen) atoms. The second-order valence-corrected chi connectivity index (χ2v) is 14.9. The molecule has 1 unspecified atom stereocenters. The first-order chi connectivity index (χ1) is 25.6. The van der Waals surface area contributed by atoms with E-state index in [1.54, 1.807) is 4.90 Å². The molecule has 13 heteroatoms. The van der Waals surface area contributed by atoms with Crippen molar-refractivity contribution in [3.63, 3.8) is 0 Å². The normalized spacial score (nSPS) is 20.0. The van der Waals surface area contributed by atoms with Gasteiger partial charge in [0.05, 0.1) is 13.0 Å². The third-order valence-corrected chi connectivity index (χ3v) is 11.4. The van der Waals surface area contributed by atoms with Gasteiger partial charge in [-0.3, -0.25) is 14.5 Å². The van der Waals surface area contributed by atoms with E-state index in [2.05, 4.69) is 15.1 Å². The lowest BCUT2D eigenvalue weighted by Gasteiger charge is -2.43. The second-order valence-electron chi connectivity index (χ2n) is 14.9. The number of piperidine rings is 2. The van der Waals surface area contributed by atoms with Crippen molar-refractivity contribution in [1.29, 1.82) is 0 Å². The number of carbonyl (C=O) groups excluding carboxylic acids is 4. The van der Waals surface area contributed by atoms with E-state index in [9.17, 15) is 24.3 Å². The Hall–Kier alpha value is -4.36. The fraction of sp³-hybridized carbons (Fsp3) is 0.600. The molecule has 2 aromatic rings. The molecule has 3 saturated heterocycles. The molecule has 13 nitrogen and oxygen atoms in total. The van der Waals surface area contributed by atoms with Crippen LogP contribution in [-0.2, 0) is 31.9 Å². The number of rotatable bonds is 10. The Morgan fingerprint density at radius 3 is 2.19 bits per heavy atom. The van der Waals surface area contributed by atoms with Gasteiger partial charge in [-0.25, -0.2) is 9.59 Å². The van der Waals surface area contributed by atoms with Crippen molar-refractivity contribution >= 4 is 29.7 Å². The van der Waals surface area contributed by atoms with E-state index in [0.717, 1.165) is 62.3 Å². The van der Waals surface area contributed by atoms with Crippen LogP contribution in [-0.4, -0.2) is 144 Å². The predicted molar refractivity (Wildman–Crippen MR) is 201 cm³/mol. The molecule has 4 heterocycles. The third kappa shape index (κ3) is 9.61. The lowest BCUT2D eigenvalue weighted by molar-refractivity contribution is -0.144. The number of amides is 4. The number of aryl methyl sites for hydroxylation is 2. The fourth-order valence-corrected chi connectivity index (χ4v) is 8.34. The van der Waals surface area contributed by atoms with Gasteiger partial charge in [0.1, 0.15) is 5.75 Å². The molecule has 2 N–H and O–H groups in total. The summed E-state index contributed by atoms with van der Waals surface area (Å²) in [6.45, 7) is 12.9. The van der Waals surface area contributed by atoms with Crippen LogP contribution in [0.5, 0.6) is 5.75 Å². The highest BCUT2D eigenvalue weighted by atomic mass is 16.6. The van der Waals surface area contributed by atoms with Crippen molar-refractivity contribution < 1.29 is 33.8 Å². The Balaban J connectivity index is 1.03. The molecule has 3 fully saturated rings. The first-order valence-corrected chi connectivity index (χ1v) is 19.4. The molecular weight excluding hydrogens is 676 g/mol. The molecule has 0 bridgehead atoms. The number of nitrogens with zero attached hydrogens (tertiary/aromatic N) is 5. The highest BCUT2D eigenvalue weighted by Crippen LogP contribution is 2.28. The number of nitrogens with one attached hydrogen (secondary N) is 1. The van der Waals surface area contributed by atoms with Gasteiger partial charge in [-0.05, 0) is 81.2 Å². The molecule has 0 saturated carbocycles. The molecule has 4 aliphatic heterocycles. The van der Waals surface area contributed by atoms with Crippen LogP contribution in [0.3, 0.4) is 0 Å². The number of para-hydroxylation sites is 1. The molecule has 6 rings (SSSR count). The molecule has 0 aromatic heterocycles. The zero-order valence-corrected chi connectivity index (χ0v) is 31.6. The number of esters is 1. The summed E-state index contributed by atoms with van der Waals surface area (Å²) >= 11 is 0. The molecule has 288 valence electrons. The van der Waals surface area contributed by atoms with E-state index in [4.69, 9.17) is 9.47 Å². The van der Waals surface area contributed by atoms with E-state index in [0.29, 0.717) is 82.3 Å². The summed E-state index contributed by atoms with van der Waals surface area (Å²) in [5.41, 5.74) is 4.21. The summed E-state index contributed by atoms with van der Waals surface area (Å²) in [5, 5.41) is 13.4. The maximum absolute atomic E-state index is 14.1. The molecule has 2 aromatic carbocycles. The minimum Gasteiger partial charge on any atom is -0.507 e. The number of ether oxygens (including phenoxy) is 2. The van der Waals surface area contributed by atoms with Gasteiger partial charge < -0.3 is 39.5 Å². The molecule has 0 aliphatic carbocycles. The highest BCUT2D eigenvalue weighted by molar-refractivity contribution is 5.91. The van der Waals surface area contributed by atoms with E-state index < -0.39 is 12.2 Å². The van der Waals surface area contributed by atoms with Crippen LogP contribution in [0.25, 0.3) is 0 Å². The van der Waals surface area contributed by atoms with Crippen LogP contribution in [0.4, 0.5) is 15.3 Å². The maximum Gasteiger partial charge on any atom is 0.410 e. The van der Waals surface area contributed by atoms with Crippen LogP contribution in [0, 0.1) is 13.8 Å². The minimum atomic E-state index is -1.00. The maximum atomic E-state index is 14.1. The van der Waals surface area contributed by atoms with Crippen molar-refractivity contribution in [2.24, 2.45) is 0 Å². The molecule has 0 spiro atoms. The lowest BCUT2D eigenvalue weighted by Crippen LogP contribution is -2.55. The Kier molecular flexibility index (Phi) is 12.8. The first kappa shape index (κ1) is 38.4. The Labute approximate surface area is 313 Å². The number of piperazine rings is 1. The number of hydrogen-bond acceptors (Lipinski definition) is 9. The average Bonchev–Trinajstić information content (AvgIpc) is 3.34. The standard InChI is InChI=1S/C40H56N6O7/c1-4-52-36(47)14-15-42-21-23-43(24-22-42)32-10-16-44(17-11-32)38(49)35(27-30-25-28(2)37(48)29(3)26-30)53-40(51)45-18-12-33(13-19-45)46-20-9-31-7-5-6-8-34(31)41-39(46)50/h5-8,25-26,32-33,35,48H,4,9-24,27H2,1-3H3,(H,41,50). The third-order valence-electron chi connectivity index (χ3n) is 11.4. The monoisotopic (exact) mass is 732 g/mol. The number of anilines is 1. The Morgan fingerprint density at radius 2 is 1.51 bits per heavy atom. The van der Waals surface area contributed by atoms with Crippen LogP contribution in [0.2, 0.25) is 0 Å². The Bertz CT molecular complexity index is 1590. The van der Waals surface area contributed by atoms with Gasteiger partial charge in [-0.1, -0.05) is 30.3 Å². The number of carbonyl (C=O) groups is 4. The molecule has 4 amide bonds. The van der Waals surface area contributed by atoms with Crippen molar-refractivity contribution in [2.75, 3.05) is 77.4 Å². The Morgan fingerprint density at radius 1 is 0.868 bits per heavy atom. The number of phenols is 1. The number of hydrogen-bond donors (Lipinski definition) is 2. The van der Waals surface area contributed by atoms with Crippen molar-refractivity contribution in [1.82, 2.24) is 24.5 Å². The van der Waals surface area contributed by atoms with Gasteiger partial charge in [-0.2, -0.15) is 0 Å². The van der Waals surface area contributed by atoms with Crippen LogP contribution < -0.4 is 5.32 Å². The summed E-state index contributed by atoms with van der Waals surface area (Å²) in [7, 11) is 0. The van der Waals surface area contributed by atoms with Crippen molar-refractivity contribution in [3.8, 4) is 5.75 Å². The van der Waals surface area contributed by atoms with Gasteiger partial charge in [-0.15, -0.1) is 0 Å². The van der Waals surface area contributed by atoms with Gasteiger partial charge in [0, 0.05) is 89.6 Å². The fourth-order valence-electron chi connectivity index (χ4n) is 8.34. The van der Waals surface area contributed by atoms with Crippen molar-refractivity contribution in [2.45, 2.75) is 83.9 Å². The van der Waals surface area contributed by atoms with E-state index >= 15 is 0 Å². The number of benzene rings is 2. The highest BCUT2D eigenvalue weighted by Gasteiger charge is 2.36. The zero-order chi connectivity index (χ0) is 37.5. The number of aromatic hydroxyl groups is 1. The second kappa shape index (κ2) is 17.6. The van der Waals surface area contributed by atoms with E-state index in [1.807, 2.05) is 67.0 Å². The summed E-state index contributed by atoms with van der Waals surface area (Å²) in [4.78, 5) is 63.0. The number of urea groups is 1. The van der Waals surface area contributed by atoms with E-state index in [1.165, 1.54) is 0 Å². The van der Waals surface area contributed by atoms with Gasteiger partial charge >= 0.3 is 18.1 Å². The van der Waals surface area contributed by atoms with Crippen molar-refractivity contribution in [3.05, 3.63) is 58.7 Å². The molecule has 4 aliphatic rings. The SMILES string of the molecule is CCOC(=O)CCN1CCN(C2CCN(C(=O)C(Cc3cc(C)c(O)c(C)c3)OC(=O)N3CCC(N4CCc5ccccc5NC4=O)CC3)CC2)CC1. The molecule has 0 radical (unpaired) electrons. The van der Waals surface area contributed by atoms with Gasteiger partial charge in [0.25, 0.3) is 5.91 Å². The van der Waals surface area contributed by atoms with Crippen LogP contribution in [0.1, 0.15) is 61.3 Å². The quantitative estimate of drug-likeness (QED) is 0.345. The number of fused-ring (bicyclic) bond motifs is 1.